The predicted molar refractivity (Wildman–Crippen MR) is 105 cm³/mol. The zero-order valence-corrected chi connectivity index (χ0v) is 16.5. The second kappa shape index (κ2) is 9.23. The Morgan fingerprint density at radius 1 is 1.15 bits per heavy atom. The van der Waals surface area contributed by atoms with E-state index in [1.807, 2.05) is 6.92 Å². The number of fused-ring (bicyclic) bond motifs is 2. The topological polar surface area (TPSA) is 49.7 Å². The highest BCUT2D eigenvalue weighted by Crippen LogP contribution is 2.48. The molecular weight excluding hydrogens is 324 g/mol. The van der Waals surface area contributed by atoms with Crippen LogP contribution in [0, 0.1) is 17.8 Å². The van der Waals surface area contributed by atoms with Gasteiger partial charge < -0.3 is 14.9 Å². The molecule has 2 aliphatic carbocycles. The number of rotatable bonds is 9. The third-order valence-electron chi connectivity index (χ3n) is 6.62. The predicted octanol–water partition coefficient (Wildman–Crippen LogP) is 4.52. The molecule has 26 heavy (non-hydrogen) atoms. The van der Waals surface area contributed by atoms with Crippen LogP contribution in [0.1, 0.15) is 69.9 Å². The summed E-state index contributed by atoms with van der Waals surface area (Å²) in [5.41, 5.74) is 2.77. The van der Waals surface area contributed by atoms with E-state index in [0.717, 1.165) is 50.7 Å². The van der Waals surface area contributed by atoms with Crippen molar-refractivity contribution < 1.29 is 14.9 Å². The molecule has 146 valence electrons. The lowest BCUT2D eigenvalue weighted by Gasteiger charge is -2.32. The van der Waals surface area contributed by atoms with Crippen molar-refractivity contribution in [3.63, 3.8) is 0 Å². The Morgan fingerprint density at radius 2 is 2.00 bits per heavy atom. The molecule has 1 aromatic rings. The van der Waals surface area contributed by atoms with Crippen molar-refractivity contribution in [3.8, 4) is 5.75 Å². The van der Waals surface area contributed by atoms with E-state index >= 15 is 0 Å². The SMILES string of the molecule is CCCCC[C@H](O)CC[C@H]1[C@H](O)CC2Cc3c(cccc3OCC)C[C@@H]21. The second-order valence-electron chi connectivity index (χ2n) is 8.35. The van der Waals surface area contributed by atoms with E-state index < -0.39 is 0 Å². The van der Waals surface area contributed by atoms with Crippen molar-refractivity contribution in [3.05, 3.63) is 29.3 Å². The Kier molecular flexibility index (Phi) is 6.99. The molecule has 1 unspecified atom stereocenters. The number of aliphatic hydroxyl groups excluding tert-OH is 2. The normalized spacial score (nSPS) is 28.5. The van der Waals surface area contributed by atoms with Gasteiger partial charge in [-0.2, -0.15) is 0 Å². The number of unbranched alkanes of at least 4 members (excludes halogenated alkanes) is 2. The summed E-state index contributed by atoms with van der Waals surface area (Å²) >= 11 is 0. The summed E-state index contributed by atoms with van der Waals surface area (Å²) in [4.78, 5) is 0. The summed E-state index contributed by atoms with van der Waals surface area (Å²) in [6.07, 6.45) is 8.78. The van der Waals surface area contributed by atoms with Crippen LogP contribution >= 0.6 is 0 Å². The van der Waals surface area contributed by atoms with Crippen LogP contribution in [0.25, 0.3) is 0 Å². The third kappa shape index (κ3) is 4.43. The summed E-state index contributed by atoms with van der Waals surface area (Å²) in [5, 5.41) is 21.0. The summed E-state index contributed by atoms with van der Waals surface area (Å²) in [7, 11) is 0. The maximum Gasteiger partial charge on any atom is 0.122 e. The Balaban J connectivity index is 1.62. The number of hydrogen-bond donors (Lipinski definition) is 2. The first kappa shape index (κ1) is 19.7. The standard InChI is InChI=1S/C23H36O3/c1-3-5-6-9-18(24)11-12-19-20-13-16-8-7-10-23(26-4-2)21(16)14-17(20)15-22(19)25/h7-8,10,17-20,22,24-25H,3-6,9,11-15H2,1-2H3/t17?,18-,19+,20-,22+/m0/s1. The Morgan fingerprint density at radius 3 is 2.77 bits per heavy atom. The van der Waals surface area contributed by atoms with E-state index in [1.165, 1.54) is 24.0 Å². The van der Waals surface area contributed by atoms with Crippen molar-refractivity contribution in [2.45, 2.75) is 83.8 Å². The highest BCUT2D eigenvalue weighted by atomic mass is 16.5. The minimum atomic E-state index is -0.210. The van der Waals surface area contributed by atoms with Gasteiger partial charge in [0, 0.05) is 0 Å². The van der Waals surface area contributed by atoms with Crippen LogP contribution in [-0.2, 0) is 12.8 Å². The molecule has 1 saturated carbocycles. The molecule has 0 amide bonds. The molecule has 1 aromatic carbocycles. The van der Waals surface area contributed by atoms with Gasteiger partial charge in [0.1, 0.15) is 5.75 Å². The van der Waals surface area contributed by atoms with E-state index in [-0.39, 0.29) is 12.2 Å². The smallest absolute Gasteiger partial charge is 0.122 e. The summed E-state index contributed by atoms with van der Waals surface area (Å²) in [6, 6.07) is 6.41. The van der Waals surface area contributed by atoms with Gasteiger partial charge in [0.25, 0.3) is 0 Å². The highest BCUT2D eigenvalue weighted by Gasteiger charge is 2.44. The first-order valence-electron chi connectivity index (χ1n) is 10.7. The van der Waals surface area contributed by atoms with Gasteiger partial charge in [-0.1, -0.05) is 38.3 Å². The lowest BCUT2D eigenvalue weighted by Crippen LogP contribution is -2.28. The zero-order chi connectivity index (χ0) is 18.5. The molecule has 0 bridgehead atoms. The van der Waals surface area contributed by atoms with Crippen LogP contribution in [-0.4, -0.2) is 29.0 Å². The van der Waals surface area contributed by atoms with Crippen LogP contribution in [0.5, 0.6) is 5.75 Å². The maximum absolute atomic E-state index is 10.7. The molecule has 2 N–H and O–H groups in total. The first-order valence-corrected chi connectivity index (χ1v) is 10.7. The van der Waals surface area contributed by atoms with Crippen molar-refractivity contribution in [1.82, 2.24) is 0 Å². The molecule has 3 heteroatoms. The van der Waals surface area contributed by atoms with Gasteiger partial charge in [-0.15, -0.1) is 0 Å². The van der Waals surface area contributed by atoms with Crippen LogP contribution < -0.4 is 4.74 Å². The first-order chi connectivity index (χ1) is 12.6. The fourth-order valence-corrected chi connectivity index (χ4v) is 5.25. The lowest BCUT2D eigenvalue weighted by atomic mass is 9.73. The van der Waals surface area contributed by atoms with Gasteiger partial charge >= 0.3 is 0 Å². The quantitative estimate of drug-likeness (QED) is 0.637. The average Bonchev–Trinajstić information content (AvgIpc) is 2.93. The molecule has 0 aliphatic heterocycles. The fraction of sp³-hybridized carbons (Fsp3) is 0.739. The number of ether oxygens (including phenoxy) is 1. The molecule has 0 heterocycles. The Bertz CT molecular complexity index is 571. The van der Waals surface area contributed by atoms with Gasteiger partial charge in [-0.3, -0.25) is 0 Å². The molecule has 0 aromatic heterocycles. The summed E-state index contributed by atoms with van der Waals surface area (Å²) < 4.78 is 5.84. The van der Waals surface area contributed by atoms with Gasteiger partial charge in [-0.25, -0.2) is 0 Å². The van der Waals surface area contributed by atoms with Gasteiger partial charge in [0.15, 0.2) is 0 Å². The molecule has 5 atom stereocenters. The third-order valence-corrected chi connectivity index (χ3v) is 6.62. The number of benzene rings is 1. The Hall–Kier alpha value is -1.06. The van der Waals surface area contributed by atoms with Crippen LogP contribution in [0.2, 0.25) is 0 Å². The highest BCUT2D eigenvalue weighted by molar-refractivity contribution is 5.43. The van der Waals surface area contributed by atoms with Gasteiger partial charge in [-0.05, 0) is 80.4 Å². The number of aliphatic hydroxyl groups is 2. The Labute approximate surface area is 158 Å². The average molecular weight is 361 g/mol. The second-order valence-corrected chi connectivity index (χ2v) is 8.35. The van der Waals surface area contributed by atoms with Crippen molar-refractivity contribution in [2.24, 2.45) is 17.8 Å². The van der Waals surface area contributed by atoms with Crippen molar-refractivity contribution >= 4 is 0 Å². The molecule has 3 rings (SSSR count). The van der Waals surface area contributed by atoms with E-state index in [4.69, 9.17) is 4.74 Å². The van der Waals surface area contributed by atoms with Crippen LogP contribution in [0.15, 0.2) is 18.2 Å². The minimum absolute atomic E-state index is 0.201. The van der Waals surface area contributed by atoms with Gasteiger partial charge in [0.05, 0.1) is 18.8 Å². The van der Waals surface area contributed by atoms with E-state index in [2.05, 4.69) is 25.1 Å². The van der Waals surface area contributed by atoms with Crippen LogP contribution in [0.4, 0.5) is 0 Å². The largest absolute Gasteiger partial charge is 0.494 e. The zero-order valence-electron chi connectivity index (χ0n) is 16.5. The van der Waals surface area contributed by atoms with E-state index in [1.54, 1.807) is 0 Å². The monoisotopic (exact) mass is 360 g/mol. The van der Waals surface area contributed by atoms with Crippen molar-refractivity contribution in [1.29, 1.82) is 0 Å². The molecule has 2 aliphatic rings. The molecule has 0 saturated heterocycles. The molecule has 0 spiro atoms. The van der Waals surface area contributed by atoms with E-state index in [9.17, 15) is 10.2 Å². The molecular formula is C23H36O3. The lowest BCUT2D eigenvalue weighted by molar-refractivity contribution is 0.0869. The summed E-state index contributed by atoms with van der Waals surface area (Å²) in [5.74, 6) is 2.48. The number of hydrogen-bond acceptors (Lipinski definition) is 3. The minimum Gasteiger partial charge on any atom is -0.494 e. The molecule has 3 nitrogen and oxygen atoms in total. The summed E-state index contributed by atoms with van der Waals surface area (Å²) in [6.45, 7) is 4.93. The van der Waals surface area contributed by atoms with E-state index in [0.29, 0.717) is 24.4 Å². The fourth-order valence-electron chi connectivity index (χ4n) is 5.25. The maximum atomic E-state index is 10.7. The molecule has 0 radical (unpaired) electrons. The van der Waals surface area contributed by atoms with Crippen molar-refractivity contribution in [2.75, 3.05) is 6.61 Å². The molecule has 1 fully saturated rings. The van der Waals surface area contributed by atoms with Crippen LogP contribution in [0.3, 0.4) is 0 Å². The van der Waals surface area contributed by atoms with Gasteiger partial charge in [0.2, 0.25) is 0 Å².